The second-order valence-electron chi connectivity index (χ2n) is 5.91. The average molecular weight is 258 g/mol. The second kappa shape index (κ2) is 5.13. The Labute approximate surface area is 114 Å². The Kier molecular flexibility index (Phi) is 3.71. The molecule has 0 saturated heterocycles. The van der Waals surface area contributed by atoms with Crippen LogP contribution in [0.3, 0.4) is 0 Å². The van der Waals surface area contributed by atoms with Crippen molar-refractivity contribution in [3.05, 3.63) is 41.6 Å². The third-order valence-corrected chi connectivity index (χ3v) is 3.13. The van der Waals surface area contributed by atoms with E-state index in [0.717, 1.165) is 23.8 Å². The van der Waals surface area contributed by atoms with Crippen LogP contribution in [-0.4, -0.2) is 20.1 Å². The quantitative estimate of drug-likeness (QED) is 0.920. The highest BCUT2D eigenvalue weighted by molar-refractivity contribution is 5.31. The normalized spacial score (nSPS) is 11.8. The van der Waals surface area contributed by atoms with E-state index in [2.05, 4.69) is 49.0 Å². The number of aromatic nitrogens is 3. The fraction of sp³-hybridized carbons (Fsp3) is 0.467. The van der Waals surface area contributed by atoms with Crippen molar-refractivity contribution >= 4 is 0 Å². The van der Waals surface area contributed by atoms with Gasteiger partial charge in [-0.05, 0) is 52.3 Å². The molecule has 0 aliphatic heterocycles. The van der Waals surface area contributed by atoms with E-state index >= 15 is 0 Å². The monoisotopic (exact) mass is 258 g/mol. The molecule has 0 saturated carbocycles. The first-order valence-electron chi connectivity index (χ1n) is 6.58. The number of aryl methyl sites for hydroxylation is 1. The highest BCUT2D eigenvalue weighted by Crippen LogP contribution is 2.13. The van der Waals surface area contributed by atoms with Crippen molar-refractivity contribution in [2.75, 3.05) is 0 Å². The minimum atomic E-state index is 0.116. The van der Waals surface area contributed by atoms with Crippen LogP contribution >= 0.6 is 0 Å². The molecule has 19 heavy (non-hydrogen) atoms. The SMILES string of the molecule is Cc1ncn(-c2cc(CNC(C)(C)C)ccn2)c1C. The number of pyridine rings is 1. The number of hydrogen-bond acceptors (Lipinski definition) is 3. The maximum absolute atomic E-state index is 4.42. The Morgan fingerprint density at radius 1 is 1.21 bits per heavy atom. The van der Waals surface area contributed by atoms with Gasteiger partial charge < -0.3 is 5.32 Å². The molecular weight excluding hydrogens is 236 g/mol. The van der Waals surface area contributed by atoms with Gasteiger partial charge in [0.05, 0.1) is 5.69 Å². The molecule has 0 unspecified atom stereocenters. The predicted molar refractivity (Wildman–Crippen MR) is 77.4 cm³/mol. The smallest absolute Gasteiger partial charge is 0.138 e. The number of nitrogens with zero attached hydrogens (tertiary/aromatic N) is 3. The molecule has 2 aromatic heterocycles. The van der Waals surface area contributed by atoms with Crippen LogP contribution in [0, 0.1) is 13.8 Å². The Bertz CT molecular complexity index is 564. The molecule has 1 N–H and O–H groups in total. The summed E-state index contributed by atoms with van der Waals surface area (Å²) in [7, 11) is 0. The van der Waals surface area contributed by atoms with Crippen LogP contribution in [0.2, 0.25) is 0 Å². The van der Waals surface area contributed by atoms with Gasteiger partial charge in [0.2, 0.25) is 0 Å². The Morgan fingerprint density at radius 2 is 1.95 bits per heavy atom. The van der Waals surface area contributed by atoms with Gasteiger partial charge in [0.1, 0.15) is 12.1 Å². The standard InChI is InChI=1S/C15H22N4/c1-11-12(2)19(10-17-11)14-8-13(6-7-16-14)9-18-15(3,4)5/h6-8,10,18H,9H2,1-5H3. The first-order chi connectivity index (χ1) is 8.87. The fourth-order valence-corrected chi connectivity index (χ4v) is 1.80. The third kappa shape index (κ3) is 3.41. The number of imidazole rings is 1. The number of rotatable bonds is 3. The van der Waals surface area contributed by atoms with Crippen LogP contribution in [0.5, 0.6) is 0 Å². The van der Waals surface area contributed by atoms with Crippen LogP contribution < -0.4 is 5.32 Å². The largest absolute Gasteiger partial charge is 0.308 e. The van der Waals surface area contributed by atoms with Crippen molar-refractivity contribution < 1.29 is 0 Å². The summed E-state index contributed by atoms with van der Waals surface area (Å²) in [6.45, 7) is 11.4. The van der Waals surface area contributed by atoms with E-state index in [1.807, 2.05) is 30.1 Å². The van der Waals surface area contributed by atoms with E-state index in [0.29, 0.717) is 0 Å². The maximum Gasteiger partial charge on any atom is 0.138 e. The molecule has 0 aromatic carbocycles. The van der Waals surface area contributed by atoms with Crippen molar-refractivity contribution in [3.63, 3.8) is 0 Å². The summed E-state index contributed by atoms with van der Waals surface area (Å²) in [4.78, 5) is 8.74. The van der Waals surface area contributed by atoms with E-state index in [-0.39, 0.29) is 5.54 Å². The zero-order valence-corrected chi connectivity index (χ0v) is 12.4. The summed E-state index contributed by atoms with van der Waals surface area (Å²) in [5, 5.41) is 3.48. The van der Waals surface area contributed by atoms with Gasteiger partial charge in [0, 0.05) is 24.0 Å². The lowest BCUT2D eigenvalue weighted by atomic mass is 10.1. The van der Waals surface area contributed by atoms with Crippen LogP contribution in [0.25, 0.3) is 5.82 Å². The Hall–Kier alpha value is -1.68. The highest BCUT2D eigenvalue weighted by atomic mass is 15.1. The minimum absolute atomic E-state index is 0.116. The molecule has 0 aliphatic carbocycles. The van der Waals surface area contributed by atoms with Gasteiger partial charge in [-0.1, -0.05) is 0 Å². The second-order valence-corrected chi connectivity index (χ2v) is 5.91. The van der Waals surface area contributed by atoms with Crippen LogP contribution in [0.15, 0.2) is 24.7 Å². The summed E-state index contributed by atoms with van der Waals surface area (Å²) in [5.74, 6) is 0.923. The molecule has 2 aromatic rings. The molecule has 102 valence electrons. The van der Waals surface area contributed by atoms with Gasteiger partial charge in [-0.15, -0.1) is 0 Å². The molecular formula is C15H22N4. The topological polar surface area (TPSA) is 42.7 Å². The predicted octanol–water partition coefficient (Wildman–Crippen LogP) is 2.77. The molecule has 0 amide bonds. The van der Waals surface area contributed by atoms with E-state index in [1.54, 1.807) is 0 Å². The Morgan fingerprint density at radius 3 is 2.53 bits per heavy atom. The number of nitrogens with one attached hydrogen (secondary N) is 1. The van der Waals surface area contributed by atoms with Gasteiger partial charge in [-0.2, -0.15) is 0 Å². The van der Waals surface area contributed by atoms with E-state index in [9.17, 15) is 0 Å². The van der Waals surface area contributed by atoms with Gasteiger partial charge in [0.25, 0.3) is 0 Å². The average Bonchev–Trinajstić information content (AvgIpc) is 2.67. The molecule has 0 bridgehead atoms. The Balaban J connectivity index is 2.22. The van der Waals surface area contributed by atoms with Gasteiger partial charge in [0.15, 0.2) is 0 Å². The summed E-state index contributed by atoms with van der Waals surface area (Å²) < 4.78 is 2.02. The summed E-state index contributed by atoms with van der Waals surface area (Å²) in [6, 6.07) is 4.15. The van der Waals surface area contributed by atoms with Crippen molar-refractivity contribution in [1.29, 1.82) is 0 Å². The summed E-state index contributed by atoms with van der Waals surface area (Å²) in [6.07, 6.45) is 3.68. The van der Waals surface area contributed by atoms with E-state index in [1.165, 1.54) is 5.56 Å². The molecule has 0 fully saturated rings. The fourth-order valence-electron chi connectivity index (χ4n) is 1.80. The third-order valence-electron chi connectivity index (χ3n) is 3.13. The van der Waals surface area contributed by atoms with Crippen molar-refractivity contribution in [3.8, 4) is 5.82 Å². The maximum atomic E-state index is 4.42. The summed E-state index contributed by atoms with van der Waals surface area (Å²) in [5.41, 5.74) is 3.52. The van der Waals surface area contributed by atoms with Crippen molar-refractivity contribution in [2.45, 2.75) is 46.7 Å². The van der Waals surface area contributed by atoms with Crippen molar-refractivity contribution in [2.24, 2.45) is 0 Å². The van der Waals surface area contributed by atoms with Gasteiger partial charge >= 0.3 is 0 Å². The van der Waals surface area contributed by atoms with Crippen LogP contribution in [0.4, 0.5) is 0 Å². The zero-order chi connectivity index (χ0) is 14.0. The molecule has 4 nitrogen and oxygen atoms in total. The van der Waals surface area contributed by atoms with Gasteiger partial charge in [-0.3, -0.25) is 4.57 Å². The van der Waals surface area contributed by atoms with Crippen LogP contribution in [0.1, 0.15) is 37.7 Å². The molecule has 0 spiro atoms. The lowest BCUT2D eigenvalue weighted by Crippen LogP contribution is -2.35. The summed E-state index contributed by atoms with van der Waals surface area (Å²) >= 11 is 0. The molecule has 2 heterocycles. The molecule has 4 heteroatoms. The van der Waals surface area contributed by atoms with Crippen molar-refractivity contribution in [1.82, 2.24) is 19.9 Å². The lowest BCUT2D eigenvalue weighted by Gasteiger charge is -2.20. The molecule has 0 aliphatic rings. The number of hydrogen-bond donors (Lipinski definition) is 1. The van der Waals surface area contributed by atoms with Crippen LogP contribution in [-0.2, 0) is 6.54 Å². The van der Waals surface area contributed by atoms with E-state index in [4.69, 9.17) is 0 Å². The first-order valence-corrected chi connectivity index (χ1v) is 6.58. The van der Waals surface area contributed by atoms with E-state index < -0.39 is 0 Å². The lowest BCUT2D eigenvalue weighted by molar-refractivity contribution is 0.424. The van der Waals surface area contributed by atoms with Gasteiger partial charge in [-0.25, -0.2) is 9.97 Å². The molecule has 0 radical (unpaired) electrons. The molecule has 2 rings (SSSR count). The highest BCUT2D eigenvalue weighted by Gasteiger charge is 2.10. The first kappa shape index (κ1) is 13.7. The zero-order valence-electron chi connectivity index (χ0n) is 12.4. The minimum Gasteiger partial charge on any atom is -0.308 e. The molecule has 0 atom stereocenters.